The molecule has 0 fully saturated rings. The molecule has 0 radical (unpaired) electrons. The SMILES string of the molecule is CCC(CC)(CCO)CNC(=O)C1SCCc2sccc21. The maximum absolute atomic E-state index is 12.6. The minimum absolute atomic E-state index is 0.0290. The zero-order valence-electron chi connectivity index (χ0n) is 12.9. The summed E-state index contributed by atoms with van der Waals surface area (Å²) in [6, 6.07) is 2.09. The monoisotopic (exact) mass is 327 g/mol. The smallest absolute Gasteiger partial charge is 0.237 e. The molecule has 0 spiro atoms. The van der Waals surface area contributed by atoms with E-state index in [-0.39, 0.29) is 23.2 Å². The minimum atomic E-state index is -0.0551. The quantitative estimate of drug-likeness (QED) is 0.807. The number of thiophene rings is 1. The number of nitrogens with one attached hydrogen (secondary N) is 1. The summed E-state index contributed by atoms with van der Waals surface area (Å²) in [7, 11) is 0. The molecule has 1 aliphatic heterocycles. The lowest BCUT2D eigenvalue weighted by Crippen LogP contribution is -2.39. The average molecular weight is 328 g/mol. The maximum Gasteiger partial charge on any atom is 0.237 e. The summed E-state index contributed by atoms with van der Waals surface area (Å²) in [4.78, 5) is 13.9. The molecule has 1 unspecified atom stereocenters. The van der Waals surface area contributed by atoms with Crippen LogP contribution in [0.4, 0.5) is 0 Å². The number of rotatable bonds is 7. The second-order valence-electron chi connectivity index (χ2n) is 5.70. The minimum Gasteiger partial charge on any atom is -0.396 e. The van der Waals surface area contributed by atoms with E-state index >= 15 is 0 Å². The van der Waals surface area contributed by atoms with Crippen LogP contribution >= 0.6 is 23.1 Å². The predicted molar refractivity (Wildman–Crippen MR) is 90.9 cm³/mol. The average Bonchev–Trinajstić information content (AvgIpc) is 2.99. The molecule has 5 heteroatoms. The predicted octanol–water partition coefficient (Wildman–Crippen LogP) is 3.38. The lowest BCUT2D eigenvalue weighted by molar-refractivity contribution is -0.121. The van der Waals surface area contributed by atoms with Crippen LogP contribution in [0.15, 0.2) is 11.4 Å². The van der Waals surface area contributed by atoms with Gasteiger partial charge in [0.1, 0.15) is 5.25 Å². The van der Waals surface area contributed by atoms with Crippen molar-refractivity contribution >= 4 is 29.0 Å². The highest BCUT2D eigenvalue weighted by Gasteiger charge is 2.31. The van der Waals surface area contributed by atoms with Crippen LogP contribution in [0.25, 0.3) is 0 Å². The Balaban J connectivity index is 1.99. The maximum atomic E-state index is 12.6. The Hall–Kier alpha value is -0.520. The van der Waals surface area contributed by atoms with Gasteiger partial charge >= 0.3 is 0 Å². The van der Waals surface area contributed by atoms with Gasteiger partial charge in [0.15, 0.2) is 0 Å². The van der Waals surface area contributed by atoms with Crippen molar-refractivity contribution in [3.05, 3.63) is 21.9 Å². The topological polar surface area (TPSA) is 49.3 Å². The van der Waals surface area contributed by atoms with Crippen molar-refractivity contribution < 1.29 is 9.90 Å². The molecule has 118 valence electrons. The van der Waals surface area contributed by atoms with Gasteiger partial charge in [0, 0.05) is 18.0 Å². The van der Waals surface area contributed by atoms with Crippen LogP contribution in [0.3, 0.4) is 0 Å². The van der Waals surface area contributed by atoms with Crippen molar-refractivity contribution in [2.24, 2.45) is 5.41 Å². The number of carbonyl (C=O) groups excluding carboxylic acids is 1. The van der Waals surface area contributed by atoms with Crippen molar-refractivity contribution in [1.29, 1.82) is 0 Å². The van der Waals surface area contributed by atoms with Crippen LogP contribution in [-0.2, 0) is 11.2 Å². The van der Waals surface area contributed by atoms with E-state index in [0.717, 1.165) is 31.4 Å². The number of aryl methyl sites for hydroxylation is 1. The first-order chi connectivity index (χ1) is 10.2. The molecular formula is C16H25NO2S2. The second-order valence-corrected chi connectivity index (χ2v) is 7.91. The first-order valence-corrected chi connectivity index (χ1v) is 9.65. The molecule has 2 heterocycles. The Bertz CT molecular complexity index is 469. The van der Waals surface area contributed by atoms with E-state index < -0.39 is 0 Å². The molecule has 0 aliphatic carbocycles. The summed E-state index contributed by atoms with van der Waals surface area (Å²) in [5, 5.41) is 14.4. The summed E-state index contributed by atoms with van der Waals surface area (Å²) in [6.07, 6.45) is 3.79. The van der Waals surface area contributed by atoms with Crippen molar-refractivity contribution in [3.8, 4) is 0 Å². The van der Waals surface area contributed by atoms with Gasteiger partial charge in [-0.15, -0.1) is 23.1 Å². The molecule has 1 aromatic rings. The number of aliphatic hydroxyl groups excluding tert-OH is 1. The lowest BCUT2D eigenvalue weighted by atomic mass is 9.79. The Morgan fingerprint density at radius 1 is 1.48 bits per heavy atom. The Kier molecular flexibility index (Phi) is 6.14. The number of aliphatic hydroxyl groups is 1. The molecule has 2 rings (SSSR count). The van der Waals surface area contributed by atoms with Crippen molar-refractivity contribution in [2.75, 3.05) is 18.9 Å². The van der Waals surface area contributed by atoms with Gasteiger partial charge in [-0.05, 0) is 53.9 Å². The van der Waals surface area contributed by atoms with Crippen LogP contribution in [0.2, 0.25) is 0 Å². The number of thioether (sulfide) groups is 1. The summed E-state index contributed by atoms with van der Waals surface area (Å²) in [6.45, 7) is 5.12. The van der Waals surface area contributed by atoms with E-state index in [0.29, 0.717) is 6.54 Å². The van der Waals surface area contributed by atoms with Crippen LogP contribution < -0.4 is 5.32 Å². The van der Waals surface area contributed by atoms with Crippen molar-refractivity contribution in [1.82, 2.24) is 5.32 Å². The zero-order valence-corrected chi connectivity index (χ0v) is 14.5. The van der Waals surface area contributed by atoms with Crippen LogP contribution in [0.1, 0.15) is 48.8 Å². The molecule has 1 aromatic heterocycles. The Labute approximate surface area is 135 Å². The molecule has 0 saturated carbocycles. The van der Waals surface area contributed by atoms with E-state index in [9.17, 15) is 9.90 Å². The van der Waals surface area contributed by atoms with Crippen LogP contribution in [0, 0.1) is 5.41 Å². The van der Waals surface area contributed by atoms with Gasteiger partial charge in [-0.2, -0.15) is 0 Å². The highest BCUT2D eigenvalue weighted by Crippen LogP contribution is 2.39. The molecule has 3 nitrogen and oxygen atoms in total. The third-order valence-electron chi connectivity index (χ3n) is 4.69. The van der Waals surface area contributed by atoms with E-state index in [1.54, 1.807) is 23.1 Å². The van der Waals surface area contributed by atoms with E-state index in [1.165, 1.54) is 10.4 Å². The highest BCUT2D eigenvalue weighted by atomic mass is 32.2. The van der Waals surface area contributed by atoms with Gasteiger partial charge in [0.25, 0.3) is 0 Å². The van der Waals surface area contributed by atoms with Crippen LogP contribution in [0.5, 0.6) is 0 Å². The first-order valence-electron chi connectivity index (χ1n) is 7.72. The van der Waals surface area contributed by atoms with Crippen LogP contribution in [-0.4, -0.2) is 29.9 Å². The molecule has 0 saturated heterocycles. The largest absolute Gasteiger partial charge is 0.396 e. The molecule has 0 bridgehead atoms. The van der Waals surface area contributed by atoms with Gasteiger partial charge in [0.05, 0.1) is 0 Å². The molecule has 1 atom stereocenters. The number of hydrogen-bond acceptors (Lipinski definition) is 4. The number of carbonyl (C=O) groups is 1. The standard InChI is InChI=1S/C16H25NO2S2/c1-3-16(4-2,7-8-18)11-17-15(19)14-12-5-9-20-13(12)6-10-21-14/h5,9,14,18H,3-4,6-8,10-11H2,1-2H3,(H,17,19). The molecule has 1 amide bonds. The van der Waals surface area contributed by atoms with Gasteiger partial charge in [-0.3, -0.25) is 4.79 Å². The number of hydrogen-bond donors (Lipinski definition) is 2. The highest BCUT2D eigenvalue weighted by molar-refractivity contribution is 8.00. The normalized spacial score (nSPS) is 18.3. The van der Waals surface area contributed by atoms with Gasteiger partial charge in [-0.25, -0.2) is 0 Å². The molecule has 0 aromatic carbocycles. The molecular weight excluding hydrogens is 302 g/mol. The van der Waals surface area contributed by atoms with E-state index in [2.05, 4.69) is 30.6 Å². The number of amides is 1. The Morgan fingerprint density at radius 3 is 2.90 bits per heavy atom. The fourth-order valence-corrected chi connectivity index (χ4v) is 5.23. The summed E-state index contributed by atoms with van der Waals surface area (Å²) >= 11 is 3.50. The van der Waals surface area contributed by atoms with Crippen molar-refractivity contribution in [2.45, 2.75) is 44.8 Å². The fraction of sp³-hybridized carbons (Fsp3) is 0.688. The second kappa shape index (κ2) is 7.65. The van der Waals surface area contributed by atoms with Gasteiger partial charge in [-0.1, -0.05) is 13.8 Å². The third-order valence-corrected chi connectivity index (χ3v) is 6.93. The van der Waals surface area contributed by atoms with E-state index in [4.69, 9.17) is 0 Å². The van der Waals surface area contributed by atoms with Gasteiger partial charge in [0.2, 0.25) is 5.91 Å². The van der Waals surface area contributed by atoms with E-state index in [1.807, 2.05) is 0 Å². The third kappa shape index (κ3) is 3.82. The molecule has 21 heavy (non-hydrogen) atoms. The first kappa shape index (κ1) is 16.8. The lowest BCUT2D eigenvalue weighted by Gasteiger charge is -2.32. The molecule has 2 N–H and O–H groups in total. The molecule has 1 aliphatic rings. The number of fused-ring (bicyclic) bond motifs is 1. The zero-order chi connectivity index (χ0) is 15.3. The summed E-state index contributed by atoms with van der Waals surface area (Å²) in [5.74, 6) is 1.15. The van der Waals surface area contributed by atoms with Crippen molar-refractivity contribution in [3.63, 3.8) is 0 Å². The fourth-order valence-electron chi connectivity index (χ4n) is 2.91. The Morgan fingerprint density at radius 2 is 2.24 bits per heavy atom. The van der Waals surface area contributed by atoms with Gasteiger partial charge < -0.3 is 10.4 Å². The summed E-state index contributed by atoms with van der Waals surface area (Å²) < 4.78 is 0. The summed E-state index contributed by atoms with van der Waals surface area (Å²) in [5.41, 5.74) is 1.23.